The predicted molar refractivity (Wildman–Crippen MR) is 183 cm³/mol. The molecular weight excluding hydrogens is 520 g/mol. The predicted octanol–water partition coefficient (Wildman–Crippen LogP) is 12.0. The minimum atomic E-state index is -0.392. The van der Waals surface area contributed by atoms with E-state index in [0.29, 0.717) is 5.56 Å². The Bertz CT molecular complexity index is 2690. The van der Waals surface area contributed by atoms with E-state index in [0.717, 1.165) is 65.7 Å². The number of rotatable bonds is 3. The molecular formula is C42H26O. The highest BCUT2D eigenvalue weighted by molar-refractivity contribution is 6.23. The maximum atomic E-state index is 8.45. The van der Waals surface area contributed by atoms with Gasteiger partial charge in [-0.25, -0.2) is 0 Å². The van der Waals surface area contributed by atoms with Gasteiger partial charge in [0.25, 0.3) is 0 Å². The quantitative estimate of drug-likeness (QED) is 0.199. The van der Waals surface area contributed by atoms with Crippen LogP contribution in [-0.4, -0.2) is 0 Å². The normalized spacial score (nSPS) is 13.3. The van der Waals surface area contributed by atoms with Gasteiger partial charge < -0.3 is 4.42 Å². The van der Waals surface area contributed by atoms with Gasteiger partial charge >= 0.3 is 0 Å². The average Bonchev–Trinajstić information content (AvgIpc) is 3.51. The molecule has 0 saturated carbocycles. The molecule has 0 aliphatic carbocycles. The zero-order chi connectivity index (χ0) is 32.7. The summed E-state index contributed by atoms with van der Waals surface area (Å²) in [4.78, 5) is 0. The van der Waals surface area contributed by atoms with E-state index in [-0.39, 0.29) is 29.7 Å². The van der Waals surface area contributed by atoms with E-state index in [4.69, 9.17) is 11.3 Å². The second kappa shape index (κ2) is 9.44. The maximum absolute atomic E-state index is 8.45. The van der Waals surface area contributed by atoms with Gasteiger partial charge in [-0.1, -0.05) is 139 Å². The summed E-state index contributed by atoms with van der Waals surface area (Å²) in [6.07, 6.45) is 0. The molecule has 0 aliphatic heterocycles. The zero-order valence-electron chi connectivity index (χ0n) is 28.0. The molecule has 0 spiro atoms. The molecule has 0 unspecified atom stereocenters. The minimum absolute atomic E-state index is 0.201. The monoisotopic (exact) mass is 551 g/mol. The van der Waals surface area contributed by atoms with Gasteiger partial charge in [0, 0.05) is 10.8 Å². The Morgan fingerprint density at radius 2 is 0.953 bits per heavy atom. The average molecular weight is 552 g/mol. The van der Waals surface area contributed by atoms with E-state index in [2.05, 4.69) is 103 Å². The highest BCUT2D eigenvalue weighted by Crippen LogP contribution is 2.45. The Morgan fingerprint density at radius 3 is 1.63 bits per heavy atom. The van der Waals surface area contributed by atoms with E-state index in [1.54, 1.807) is 0 Å². The number of hydrogen-bond donors (Lipinski definition) is 0. The van der Waals surface area contributed by atoms with Gasteiger partial charge in [-0.15, -0.1) is 0 Å². The molecule has 0 saturated heterocycles. The lowest BCUT2D eigenvalue weighted by molar-refractivity contribution is 0.669. The fourth-order valence-corrected chi connectivity index (χ4v) is 6.65. The number of fused-ring (bicyclic) bond motifs is 7. The van der Waals surface area contributed by atoms with Crippen LogP contribution in [0.1, 0.15) is 6.85 Å². The molecule has 0 aliphatic rings. The summed E-state index contributed by atoms with van der Waals surface area (Å²) in [6, 6.07) is 42.2. The SMILES string of the molecule is [2H]c1c([2H])c([2H])c(-c2ccc(-c3c4ccccc4c(-c4ccc5c(c4)oc4ccc6ccccc6c45)c4ccccc34)cc2)c([2H])c1[2H]. The van der Waals surface area contributed by atoms with E-state index in [1.165, 1.54) is 10.8 Å². The first-order valence-electron chi connectivity index (χ1n) is 16.9. The molecule has 9 aromatic rings. The molecule has 0 atom stereocenters. The summed E-state index contributed by atoms with van der Waals surface area (Å²) in [7, 11) is 0. The van der Waals surface area contributed by atoms with Crippen molar-refractivity contribution >= 4 is 54.3 Å². The molecule has 0 radical (unpaired) electrons. The molecule has 1 nitrogen and oxygen atoms in total. The van der Waals surface area contributed by atoms with Crippen molar-refractivity contribution in [2.75, 3.05) is 0 Å². The summed E-state index contributed by atoms with van der Waals surface area (Å²) >= 11 is 0. The summed E-state index contributed by atoms with van der Waals surface area (Å²) in [5, 5.41) is 9.00. The minimum Gasteiger partial charge on any atom is -0.456 e. The highest BCUT2D eigenvalue weighted by Gasteiger charge is 2.18. The van der Waals surface area contributed by atoms with Crippen LogP contribution in [0.5, 0.6) is 0 Å². The Kier molecular flexibility index (Phi) is 4.27. The molecule has 1 aromatic heterocycles. The van der Waals surface area contributed by atoms with Crippen molar-refractivity contribution in [3.8, 4) is 33.4 Å². The van der Waals surface area contributed by atoms with Crippen molar-refractivity contribution in [3.63, 3.8) is 0 Å². The Labute approximate surface area is 256 Å². The smallest absolute Gasteiger partial charge is 0.136 e. The first kappa shape index (κ1) is 19.5. The number of benzene rings is 8. The first-order chi connectivity index (χ1) is 23.4. The molecule has 0 N–H and O–H groups in total. The van der Waals surface area contributed by atoms with Gasteiger partial charge in [0.1, 0.15) is 11.2 Å². The standard InChI is InChI=1S/C42H26O/c1-2-10-27(11-3-1)28-18-20-30(21-19-28)40-33-14-6-8-16-35(33)41(36-17-9-7-15-34(36)40)31-22-24-37-39(26-31)43-38-25-23-29-12-4-5-13-32(29)42(37)38/h1-26H/i1D,2D,3D,10D,11D. The summed E-state index contributed by atoms with van der Waals surface area (Å²) in [6.45, 7) is 0. The van der Waals surface area contributed by atoms with Crippen molar-refractivity contribution in [2.24, 2.45) is 0 Å². The molecule has 8 aromatic carbocycles. The Balaban J connectivity index is 1.25. The maximum Gasteiger partial charge on any atom is 0.136 e. The lowest BCUT2D eigenvalue weighted by atomic mass is 9.85. The van der Waals surface area contributed by atoms with Crippen LogP contribution in [0.3, 0.4) is 0 Å². The van der Waals surface area contributed by atoms with Crippen LogP contribution in [0.2, 0.25) is 0 Å². The fraction of sp³-hybridized carbons (Fsp3) is 0. The Hall–Kier alpha value is -5.66. The molecule has 1 heterocycles. The summed E-state index contributed by atoms with van der Waals surface area (Å²) in [5.41, 5.74) is 6.75. The highest BCUT2D eigenvalue weighted by atomic mass is 16.3. The summed E-state index contributed by atoms with van der Waals surface area (Å²) in [5.74, 6) is 0. The van der Waals surface area contributed by atoms with Gasteiger partial charge in [-0.3, -0.25) is 0 Å². The van der Waals surface area contributed by atoms with E-state index in [9.17, 15) is 0 Å². The van der Waals surface area contributed by atoms with Gasteiger partial charge in [-0.05, 0) is 83.9 Å². The van der Waals surface area contributed by atoms with Gasteiger partial charge in [0.05, 0.1) is 6.85 Å². The number of hydrogen-bond acceptors (Lipinski definition) is 1. The topological polar surface area (TPSA) is 13.1 Å². The van der Waals surface area contributed by atoms with Crippen LogP contribution in [0.25, 0.3) is 87.6 Å². The Morgan fingerprint density at radius 1 is 0.395 bits per heavy atom. The van der Waals surface area contributed by atoms with Crippen LogP contribution < -0.4 is 0 Å². The largest absolute Gasteiger partial charge is 0.456 e. The molecule has 43 heavy (non-hydrogen) atoms. The van der Waals surface area contributed by atoms with E-state index in [1.807, 2.05) is 24.3 Å². The van der Waals surface area contributed by atoms with Crippen LogP contribution in [-0.2, 0) is 0 Å². The van der Waals surface area contributed by atoms with Gasteiger partial charge in [-0.2, -0.15) is 0 Å². The third kappa shape index (κ3) is 3.72. The van der Waals surface area contributed by atoms with Crippen molar-refractivity contribution in [1.82, 2.24) is 0 Å². The van der Waals surface area contributed by atoms with Crippen molar-refractivity contribution < 1.29 is 11.3 Å². The molecule has 0 bridgehead atoms. The third-order valence-corrected chi connectivity index (χ3v) is 8.54. The van der Waals surface area contributed by atoms with Crippen LogP contribution >= 0.6 is 0 Å². The lowest BCUT2D eigenvalue weighted by Gasteiger charge is -2.18. The van der Waals surface area contributed by atoms with Crippen molar-refractivity contribution in [2.45, 2.75) is 0 Å². The van der Waals surface area contributed by atoms with E-state index >= 15 is 0 Å². The fourth-order valence-electron chi connectivity index (χ4n) is 6.65. The van der Waals surface area contributed by atoms with E-state index < -0.39 is 6.04 Å². The van der Waals surface area contributed by atoms with Crippen molar-refractivity contribution in [1.29, 1.82) is 0 Å². The van der Waals surface area contributed by atoms with Gasteiger partial charge in [0.15, 0.2) is 0 Å². The second-order valence-corrected chi connectivity index (χ2v) is 10.9. The second-order valence-electron chi connectivity index (χ2n) is 10.9. The third-order valence-electron chi connectivity index (χ3n) is 8.54. The lowest BCUT2D eigenvalue weighted by Crippen LogP contribution is -1.91. The van der Waals surface area contributed by atoms with Gasteiger partial charge in [0.2, 0.25) is 0 Å². The first-order valence-corrected chi connectivity index (χ1v) is 14.4. The molecule has 200 valence electrons. The summed E-state index contributed by atoms with van der Waals surface area (Å²) < 4.78 is 47.6. The van der Waals surface area contributed by atoms with Crippen LogP contribution in [0.4, 0.5) is 0 Å². The molecule has 1 heteroatoms. The van der Waals surface area contributed by atoms with Crippen LogP contribution in [0.15, 0.2) is 162 Å². The number of furan rings is 1. The molecule has 9 rings (SSSR count). The molecule has 0 amide bonds. The molecule has 0 fully saturated rings. The van der Waals surface area contributed by atoms with Crippen LogP contribution in [0, 0.1) is 0 Å². The van der Waals surface area contributed by atoms with Crippen molar-refractivity contribution in [3.05, 3.63) is 158 Å². The zero-order valence-corrected chi connectivity index (χ0v) is 23.0.